The number of ether oxygens (including phenoxy) is 1. The Morgan fingerprint density at radius 1 is 0.939 bits per heavy atom. The number of amides is 1. The predicted octanol–water partition coefficient (Wildman–Crippen LogP) is 7.87. The van der Waals surface area contributed by atoms with Crippen molar-refractivity contribution in [2.45, 2.75) is 0 Å². The lowest BCUT2D eigenvalue weighted by molar-refractivity contribution is 0.102. The fourth-order valence-corrected chi connectivity index (χ4v) is 4.52. The van der Waals surface area contributed by atoms with Gasteiger partial charge < -0.3 is 14.5 Å². The smallest absolute Gasteiger partial charge is 0.259 e. The summed E-state index contributed by atoms with van der Waals surface area (Å²) in [7, 11) is 1.44. The number of rotatable bonds is 4. The van der Waals surface area contributed by atoms with E-state index in [1.54, 1.807) is 18.2 Å². The fourth-order valence-electron chi connectivity index (χ4n) is 3.71. The fraction of sp³-hybridized carbons (Fsp3) is 0.0400. The number of nitrogens with one attached hydrogen (secondary N) is 1. The lowest BCUT2D eigenvalue weighted by Gasteiger charge is -2.11. The number of methoxy groups -OCH3 is 1. The van der Waals surface area contributed by atoms with Gasteiger partial charge in [0.2, 0.25) is 5.89 Å². The summed E-state index contributed by atoms with van der Waals surface area (Å²) in [6, 6.07) is 19.7. The van der Waals surface area contributed by atoms with Crippen LogP contribution in [0.3, 0.4) is 0 Å². The molecule has 4 aromatic carbocycles. The molecule has 0 radical (unpaired) electrons. The van der Waals surface area contributed by atoms with Gasteiger partial charge in [0, 0.05) is 26.7 Å². The minimum atomic E-state index is -0.414. The molecule has 1 amide bonds. The molecule has 5 rings (SSSR count). The first kappa shape index (κ1) is 21.6. The van der Waals surface area contributed by atoms with Gasteiger partial charge in [0.15, 0.2) is 5.58 Å². The van der Waals surface area contributed by atoms with Crippen molar-refractivity contribution in [3.05, 3.63) is 87.4 Å². The number of hydrogen-bond donors (Lipinski definition) is 1. The van der Waals surface area contributed by atoms with Gasteiger partial charge in [-0.3, -0.25) is 4.79 Å². The standard InChI is InChI=1S/C25H15Cl3N2O3/c1-32-23-18(10-13(26)11-20(23)28)24(31)29-14-8-9-22-21(12-14)30-25(33-22)17-6-2-5-16-15(17)4-3-7-19(16)27/h2-12H,1H3,(H,29,31). The zero-order valence-corrected chi connectivity index (χ0v) is 19.4. The zero-order chi connectivity index (χ0) is 23.1. The Labute approximate surface area is 203 Å². The summed E-state index contributed by atoms with van der Waals surface area (Å²) in [5.74, 6) is 0.297. The third kappa shape index (κ3) is 4.00. The molecule has 0 aliphatic carbocycles. The Bertz CT molecular complexity index is 1550. The Kier molecular flexibility index (Phi) is 5.62. The average Bonchev–Trinajstić information content (AvgIpc) is 3.22. The molecule has 164 valence electrons. The van der Waals surface area contributed by atoms with E-state index >= 15 is 0 Å². The lowest BCUT2D eigenvalue weighted by atomic mass is 10.0. The van der Waals surface area contributed by atoms with Crippen LogP contribution in [0.25, 0.3) is 33.3 Å². The van der Waals surface area contributed by atoms with Crippen molar-refractivity contribution in [2.75, 3.05) is 12.4 Å². The van der Waals surface area contributed by atoms with Crippen molar-refractivity contribution in [1.29, 1.82) is 0 Å². The van der Waals surface area contributed by atoms with Crippen LogP contribution in [0.15, 0.2) is 71.1 Å². The van der Waals surface area contributed by atoms with Crippen molar-refractivity contribution in [2.24, 2.45) is 0 Å². The van der Waals surface area contributed by atoms with E-state index in [0.717, 1.165) is 16.3 Å². The Balaban J connectivity index is 1.50. The van der Waals surface area contributed by atoms with E-state index in [1.807, 2.05) is 36.4 Å². The molecule has 0 spiro atoms. The number of aromatic nitrogens is 1. The summed E-state index contributed by atoms with van der Waals surface area (Å²) in [5.41, 5.74) is 2.77. The maximum absolute atomic E-state index is 12.9. The normalized spacial score (nSPS) is 11.2. The SMILES string of the molecule is COc1c(Cl)cc(Cl)cc1C(=O)Nc1ccc2oc(-c3cccc4c(Cl)cccc34)nc2c1. The molecule has 1 aromatic heterocycles. The van der Waals surface area contributed by atoms with Crippen LogP contribution in [0.2, 0.25) is 15.1 Å². The third-order valence-corrected chi connectivity index (χ3v) is 6.03. The van der Waals surface area contributed by atoms with Gasteiger partial charge in [0.1, 0.15) is 11.3 Å². The van der Waals surface area contributed by atoms with Crippen molar-refractivity contribution < 1.29 is 13.9 Å². The molecule has 1 N–H and O–H groups in total. The lowest BCUT2D eigenvalue weighted by Crippen LogP contribution is -2.13. The number of halogens is 3. The van der Waals surface area contributed by atoms with E-state index < -0.39 is 5.91 Å². The highest BCUT2D eigenvalue weighted by Crippen LogP contribution is 2.35. The molecule has 5 aromatic rings. The summed E-state index contributed by atoms with van der Waals surface area (Å²) >= 11 is 18.6. The minimum Gasteiger partial charge on any atom is -0.494 e. The van der Waals surface area contributed by atoms with E-state index in [4.69, 9.17) is 44.0 Å². The predicted molar refractivity (Wildman–Crippen MR) is 133 cm³/mol. The van der Waals surface area contributed by atoms with Crippen LogP contribution in [0.4, 0.5) is 5.69 Å². The molecular formula is C25H15Cl3N2O3. The summed E-state index contributed by atoms with van der Waals surface area (Å²) in [4.78, 5) is 17.5. The summed E-state index contributed by atoms with van der Waals surface area (Å²) in [6.45, 7) is 0. The maximum atomic E-state index is 12.9. The summed E-state index contributed by atoms with van der Waals surface area (Å²) < 4.78 is 11.3. The molecule has 0 aliphatic rings. The maximum Gasteiger partial charge on any atom is 0.259 e. The molecule has 0 bridgehead atoms. The Hall–Kier alpha value is -3.25. The van der Waals surface area contributed by atoms with E-state index in [-0.39, 0.29) is 16.3 Å². The number of hydrogen-bond acceptors (Lipinski definition) is 4. The summed E-state index contributed by atoms with van der Waals surface area (Å²) in [5, 5.41) is 5.93. The molecule has 0 fully saturated rings. The van der Waals surface area contributed by atoms with Gasteiger partial charge in [0.25, 0.3) is 5.91 Å². The second kappa shape index (κ2) is 8.60. The van der Waals surface area contributed by atoms with Crippen molar-refractivity contribution >= 4 is 68.3 Å². The van der Waals surface area contributed by atoms with Crippen molar-refractivity contribution in [3.8, 4) is 17.2 Å². The quantitative estimate of drug-likeness (QED) is 0.274. The van der Waals surface area contributed by atoms with Crippen LogP contribution in [-0.4, -0.2) is 18.0 Å². The molecular weight excluding hydrogens is 483 g/mol. The second-order valence-corrected chi connectivity index (χ2v) is 8.52. The van der Waals surface area contributed by atoms with Crippen LogP contribution in [0.5, 0.6) is 5.75 Å². The van der Waals surface area contributed by atoms with Crippen LogP contribution >= 0.6 is 34.8 Å². The van der Waals surface area contributed by atoms with Gasteiger partial charge in [-0.1, -0.05) is 59.1 Å². The molecule has 0 saturated heterocycles. The van der Waals surface area contributed by atoms with E-state index in [1.165, 1.54) is 19.2 Å². The Morgan fingerprint density at radius 3 is 2.55 bits per heavy atom. The molecule has 0 atom stereocenters. The van der Waals surface area contributed by atoms with Gasteiger partial charge >= 0.3 is 0 Å². The van der Waals surface area contributed by atoms with Gasteiger partial charge in [-0.25, -0.2) is 4.98 Å². The largest absolute Gasteiger partial charge is 0.494 e. The number of carbonyl (C=O) groups excluding carboxylic acids is 1. The number of carbonyl (C=O) groups is 1. The highest BCUT2D eigenvalue weighted by molar-refractivity contribution is 6.37. The minimum absolute atomic E-state index is 0.226. The van der Waals surface area contributed by atoms with Gasteiger partial charge in [-0.15, -0.1) is 0 Å². The number of benzene rings is 4. The van der Waals surface area contributed by atoms with E-state index in [9.17, 15) is 4.79 Å². The highest BCUT2D eigenvalue weighted by Gasteiger charge is 2.18. The number of fused-ring (bicyclic) bond motifs is 2. The van der Waals surface area contributed by atoms with E-state index in [0.29, 0.717) is 32.7 Å². The van der Waals surface area contributed by atoms with Crippen molar-refractivity contribution in [1.82, 2.24) is 4.98 Å². The van der Waals surface area contributed by atoms with E-state index in [2.05, 4.69) is 10.3 Å². The first-order valence-corrected chi connectivity index (χ1v) is 11.0. The molecule has 8 heteroatoms. The number of oxazole rings is 1. The number of nitrogens with zero attached hydrogens (tertiary/aromatic N) is 1. The topological polar surface area (TPSA) is 64.4 Å². The molecule has 0 unspecified atom stereocenters. The van der Waals surface area contributed by atoms with Gasteiger partial charge in [0.05, 0.1) is 17.7 Å². The highest BCUT2D eigenvalue weighted by atomic mass is 35.5. The van der Waals surface area contributed by atoms with Gasteiger partial charge in [-0.2, -0.15) is 0 Å². The third-order valence-electron chi connectivity index (χ3n) is 5.20. The van der Waals surface area contributed by atoms with Crippen LogP contribution < -0.4 is 10.1 Å². The molecule has 0 saturated carbocycles. The van der Waals surface area contributed by atoms with Crippen molar-refractivity contribution in [3.63, 3.8) is 0 Å². The second-order valence-electron chi connectivity index (χ2n) is 7.26. The number of anilines is 1. The monoisotopic (exact) mass is 496 g/mol. The van der Waals surface area contributed by atoms with Crippen LogP contribution in [0, 0.1) is 0 Å². The molecule has 33 heavy (non-hydrogen) atoms. The first-order chi connectivity index (χ1) is 15.9. The zero-order valence-electron chi connectivity index (χ0n) is 17.2. The Morgan fingerprint density at radius 2 is 1.73 bits per heavy atom. The van der Waals surface area contributed by atoms with Crippen LogP contribution in [0.1, 0.15) is 10.4 Å². The molecule has 5 nitrogen and oxygen atoms in total. The molecule has 1 heterocycles. The summed E-state index contributed by atoms with van der Waals surface area (Å²) in [6.07, 6.45) is 0. The first-order valence-electron chi connectivity index (χ1n) is 9.87. The molecule has 0 aliphatic heterocycles. The average molecular weight is 498 g/mol. The van der Waals surface area contributed by atoms with Crippen LogP contribution in [-0.2, 0) is 0 Å². The van der Waals surface area contributed by atoms with Gasteiger partial charge in [-0.05, 0) is 47.9 Å².